The highest BCUT2D eigenvalue weighted by Gasteiger charge is 2.18. The van der Waals surface area contributed by atoms with Crippen LogP contribution in [-0.4, -0.2) is 27.0 Å². The molecule has 0 fully saturated rings. The van der Waals surface area contributed by atoms with Crippen molar-refractivity contribution in [1.82, 2.24) is 20.2 Å². The number of ether oxygens (including phenoxy) is 2. The third-order valence-electron chi connectivity index (χ3n) is 4.35. The van der Waals surface area contributed by atoms with Crippen LogP contribution < -0.4 is 4.74 Å². The smallest absolute Gasteiger partial charge is 0.214 e. The fourth-order valence-electron chi connectivity index (χ4n) is 2.94. The number of tetrazole rings is 1. The van der Waals surface area contributed by atoms with Crippen molar-refractivity contribution in [3.05, 3.63) is 58.1 Å². The summed E-state index contributed by atoms with van der Waals surface area (Å²) in [7, 11) is 0. The van der Waals surface area contributed by atoms with Crippen molar-refractivity contribution in [3.63, 3.8) is 0 Å². The molecule has 0 bridgehead atoms. The van der Waals surface area contributed by atoms with E-state index in [1.165, 1.54) is 5.56 Å². The van der Waals surface area contributed by atoms with E-state index in [4.69, 9.17) is 21.1 Å². The van der Waals surface area contributed by atoms with E-state index in [2.05, 4.69) is 41.5 Å². The minimum absolute atomic E-state index is 0.256. The van der Waals surface area contributed by atoms with Crippen LogP contribution in [0, 0.1) is 0 Å². The Balaban J connectivity index is 1.55. The van der Waals surface area contributed by atoms with Crippen molar-refractivity contribution in [2.75, 3.05) is 6.79 Å². The molecular weight excluding hydrogens is 384 g/mol. The minimum Gasteiger partial charge on any atom is -0.467 e. The van der Waals surface area contributed by atoms with E-state index in [9.17, 15) is 0 Å². The molecule has 1 aromatic heterocycles. The highest BCUT2D eigenvalue weighted by atomic mass is 35.5. The van der Waals surface area contributed by atoms with Crippen molar-refractivity contribution in [2.45, 2.75) is 37.3 Å². The SMILES string of the molecule is CC(C)c1ccc(-n2nnnc2SCc2cc(Cl)cc3c2OCOC3)cc1. The summed E-state index contributed by atoms with van der Waals surface area (Å²) in [6, 6.07) is 12.1. The first-order valence-electron chi connectivity index (χ1n) is 8.65. The predicted molar refractivity (Wildman–Crippen MR) is 105 cm³/mol. The van der Waals surface area contributed by atoms with E-state index in [0.717, 1.165) is 22.6 Å². The summed E-state index contributed by atoms with van der Waals surface area (Å²) in [5.74, 6) is 1.98. The number of rotatable bonds is 5. The van der Waals surface area contributed by atoms with Crippen molar-refractivity contribution in [2.24, 2.45) is 0 Å². The molecule has 0 aliphatic carbocycles. The van der Waals surface area contributed by atoms with Crippen LogP contribution in [0.5, 0.6) is 5.75 Å². The molecule has 0 spiro atoms. The molecule has 0 N–H and O–H groups in total. The molecule has 0 atom stereocenters. The van der Waals surface area contributed by atoms with E-state index < -0.39 is 0 Å². The number of hydrogen-bond donors (Lipinski definition) is 0. The number of thioether (sulfide) groups is 1. The highest BCUT2D eigenvalue weighted by molar-refractivity contribution is 7.98. The largest absolute Gasteiger partial charge is 0.467 e. The maximum atomic E-state index is 6.24. The second-order valence-electron chi connectivity index (χ2n) is 6.57. The molecule has 140 valence electrons. The van der Waals surface area contributed by atoms with E-state index in [-0.39, 0.29) is 6.79 Å². The number of aromatic nitrogens is 4. The monoisotopic (exact) mass is 402 g/mol. The first-order valence-corrected chi connectivity index (χ1v) is 10.0. The normalized spacial score (nSPS) is 13.5. The lowest BCUT2D eigenvalue weighted by Crippen LogP contribution is -2.13. The lowest BCUT2D eigenvalue weighted by molar-refractivity contribution is -0.0168. The van der Waals surface area contributed by atoms with Gasteiger partial charge in [0.05, 0.1) is 12.3 Å². The Morgan fingerprint density at radius 1 is 1.22 bits per heavy atom. The molecule has 0 radical (unpaired) electrons. The van der Waals surface area contributed by atoms with E-state index >= 15 is 0 Å². The van der Waals surface area contributed by atoms with Gasteiger partial charge in [0.15, 0.2) is 6.79 Å². The standard InChI is InChI=1S/C19H19ClN4O2S/c1-12(2)13-3-5-17(6-4-13)24-19(21-22-23-24)27-10-15-8-16(20)7-14-9-25-11-26-18(14)15/h3-8,12H,9-11H2,1-2H3. The van der Waals surface area contributed by atoms with Gasteiger partial charge in [-0.3, -0.25) is 0 Å². The van der Waals surface area contributed by atoms with Crippen LogP contribution in [0.3, 0.4) is 0 Å². The van der Waals surface area contributed by atoms with Gasteiger partial charge in [0.25, 0.3) is 0 Å². The average Bonchev–Trinajstić information content (AvgIpc) is 3.14. The number of hydrogen-bond acceptors (Lipinski definition) is 6. The van der Waals surface area contributed by atoms with Crippen LogP contribution in [0.15, 0.2) is 41.6 Å². The Kier molecular flexibility index (Phi) is 5.33. The number of nitrogens with zero attached hydrogens (tertiary/aromatic N) is 4. The molecule has 2 aromatic carbocycles. The van der Waals surface area contributed by atoms with Crippen LogP contribution in [-0.2, 0) is 17.1 Å². The third-order valence-corrected chi connectivity index (χ3v) is 5.54. The molecule has 2 heterocycles. The van der Waals surface area contributed by atoms with Gasteiger partial charge in [0.1, 0.15) is 5.75 Å². The quantitative estimate of drug-likeness (QED) is 0.581. The fourth-order valence-corrected chi connectivity index (χ4v) is 4.06. The predicted octanol–water partition coefficient (Wildman–Crippen LogP) is 4.60. The summed E-state index contributed by atoms with van der Waals surface area (Å²) in [4.78, 5) is 0. The summed E-state index contributed by atoms with van der Waals surface area (Å²) in [6.07, 6.45) is 0. The van der Waals surface area contributed by atoms with E-state index in [1.807, 2.05) is 24.3 Å². The molecule has 0 amide bonds. The summed E-state index contributed by atoms with van der Waals surface area (Å²) in [5.41, 5.74) is 4.19. The molecule has 6 nitrogen and oxygen atoms in total. The Hall–Kier alpha value is -2.09. The highest BCUT2D eigenvalue weighted by Crippen LogP contribution is 2.35. The average molecular weight is 403 g/mol. The van der Waals surface area contributed by atoms with E-state index in [0.29, 0.717) is 28.5 Å². The molecule has 27 heavy (non-hydrogen) atoms. The molecule has 1 aliphatic rings. The van der Waals surface area contributed by atoms with Gasteiger partial charge in [-0.2, -0.15) is 4.68 Å². The maximum absolute atomic E-state index is 6.24. The Labute approximate surface area is 166 Å². The van der Waals surface area contributed by atoms with Crippen LogP contribution in [0.25, 0.3) is 5.69 Å². The van der Waals surface area contributed by atoms with Gasteiger partial charge in [-0.15, -0.1) is 5.10 Å². The molecule has 0 unspecified atom stereocenters. The maximum Gasteiger partial charge on any atom is 0.214 e. The van der Waals surface area contributed by atoms with Gasteiger partial charge < -0.3 is 9.47 Å². The van der Waals surface area contributed by atoms with Crippen LogP contribution >= 0.6 is 23.4 Å². The first-order chi connectivity index (χ1) is 13.1. The molecule has 0 saturated carbocycles. The Bertz CT molecular complexity index is 943. The van der Waals surface area contributed by atoms with Gasteiger partial charge in [-0.25, -0.2) is 0 Å². The minimum atomic E-state index is 0.256. The Morgan fingerprint density at radius 2 is 2.04 bits per heavy atom. The van der Waals surface area contributed by atoms with Crippen LogP contribution in [0.4, 0.5) is 0 Å². The molecule has 0 saturated heterocycles. The van der Waals surface area contributed by atoms with Gasteiger partial charge in [-0.1, -0.05) is 49.3 Å². The lowest BCUT2D eigenvalue weighted by Gasteiger charge is -2.20. The van der Waals surface area contributed by atoms with E-state index in [1.54, 1.807) is 16.4 Å². The number of benzene rings is 2. The number of fused-ring (bicyclic) bond motifs is 1. The first kappa shape index (κ1) is 18.3. The van der Waals surface area contributed by atoms with Crippen molar-refractivity contribution in [1.29, 1.82) is 0 Å². The van der Waals surface area contributed by atoms with Crippen molar-refractivity contribution in [3.8, 4) is 11.4 Å². The van der Waals surface area contributed by atoms with Gasteiger partial charge in [0, 0.05) is 21.9 Å². The summed E-state index contributed by atoms with van der Waals surface area (Å²) < 4.78 is 12.8. The summed E-state index contributed by atoms with van der Waals surface area (Å²) in [5, 5.41) is 13.5. The van der Waals surface area contributed by atoms with Gasteiger partial charge >= 0.3 is 0 Å². The fraction of sp³-hybridized carbons (Fsp3) is 0.316. The topological polar surface area (TPSA) is 62.1 Å². The second kappa shape index (κ2) is 7.88. The second-order valence-corrected chi connectivity index (χ2v) is 7.95. The van der Waals surface area contributed by atoms with Gasteiger partial charge in [0.2, 0.25) is 5.16 Å². The van der Waals surface area contributed by atoms with Crippen molar-refractivity contribution < 1.29 is 9.47 Å². The lowest BCUT2D eigenvalue weighted by atomic mass is 10.0. The molecular formula is C19H19ClN4O2S. The van der Waals surface area contributed by atoms with Crippen LogP contribution in [0.2, 0.25) is 5.02 Å². The zero-order chi connectivity index (χ0) is 18.8. The molecule has 3 aromatic rings. The van der Waals surface area contributed by atoms with Crippen molar-refractivity contribution >= 4 is 23.4 Å². The zero-order valence-corrected chi connectivity index (χ0v) is 16.6. The summed E-state index contributed by atoms with van der Waals surface area (Å²) in [6.45, 7) is 5.11. The van der Waals surface area contributed by atoms with Crippen LogP contribution in [0.1, 0.15) is 36.5 Å². The van der Waals surface area contributed by atoms with Gasteiger partial charge in [-0.05, 0) is 46.2 Å². The third kappa shape index (κ3) is 3.95. The molecule has 4 rings (SSSR count). The molecule has 1 aliphatic heterocycles. The molecule has 8 heteroatoms. The number of halogens is 1. The Morgan fingerprint density at radius 3 is 2.81 bits per heavy atom. The summed E-state index contributed by atoms with van der Waals surface area (Å²) >= 11 is 7.79. The zero-order valence-electron chi connectivity index (χ0n) is 15.1.